The van der Waals surface area contributed by atoms with Crippen LogP contribution in [0.15, 0.2) is 42.4 Å². The number of piperazine rings is 1. The number of hydrogen-bond donors (Lipinski definition) is 0. The summed E-state index contributed by atoms with van der Waals surface area (Å²) >= 11 is 1.40. The number of thiazole rings is 1. The summed E-state index contributed by atoms with van der Waals surface area (Å²) in [6.07, 6.45) is 8.32. The lowest BCUT2D eigenvalue weighted by Crippen LogP contribution is -2.49. The van der Waals surface area contributed by atoms with Gasteiger partial charge < -0.3 is 9.80 Å². The van der Waals surface area contributed by atoms with Gasteiger partial charge in [-0.15, -0.1) is 11.3 Å². The molecule has 0 atom stereocenters. The molecule has 0 saturated carbocycles. The Kier molecular flexibility index (Phi) is 4.30. The SMILES string of the molecule is O=C(c1csc(-c2cnccn2)n1)N1CCN(c2ncccn2)CC1. The molecule has 1 aliphatic rings. The van der Waals surface area contributed by atoms with Crippen molar-refractivity contribution in [2.24, 2.45) is 0 Å². The minimum absolute atomic E-state index is 0.0555. The standard InChI is InChI=1S/C16H15N7OS/c24-15(13-11-25-14(21-13)12-10-17-4-5-18-12)22-6-8-23(9-7-22)16-19-2-1-3-20-16/h1-5,10-11H,6-9H2. The molecule has 0 aromatic carbocycles. The number of amides is 1. The third-order valence-corrected chi connectivity index (χ3v) is 4.77. The summed E-state index contributed by atoms with van der Waals surface area (Å²) in [4.78, 5) is 37.7. The molecule has 0 spiro atoms. The van der Waals surface area contributed by atoms with Gasteiger partial charge in [-0.2, -0.15) is 0 Å². The Morgan fingerprint density at radius 3 is 2.52 bits per heavy atom. The van der Waals surface area contributed by atoms with Gasteiger partial charge in [0.05, 0.1) is 6.20 Å². The lowest BCUT2D eigenvalue weighted by molar-refractivity contribution is 0.0741. The number of aromatic nitrogens is 5. The fourth-order valence-electron chi connectivity index (χ4n) is 2.63. The summed E-state index contributed by atoms with van der Waals surface area (Å²) < 4.78 is 0. The largest absolute Gasteiger partial charge is 0.337 e. The Morgan fingerprint density at radius 2 is 1.80 bits per heavy atom. The second-order valence-corrected chi connectivity index (χ2v) is 6.31. The fourth-order valence-corrected chi connectivity index (χ4v) is 3.38. The third-order valence-electron chi connectivity index (χ3n) is 3.91. The first-order valence-corrected chi connectivity index (χ1v) is 8.72. The first-order chi connectivity index (χ1) is 12.3. The molecule has 0 radical (unpaired) electrons. The van der Waals surface area contributed by atoms with Gasteiger partial charge in [-0.1, -0.05) is 0 Å². The molecule has 1 fully saturated rings. The lowest BCUT2D eigenvalue weighted by Gasteiger charge is -2.34. The van der Waals surface area contributed by atoms with Crippen LogP contribution in [0.1, 0.15) is 10.5 Å². The molecule has 1 saturated heterocycles. The maximum absolute atomic E-state index is 12.7. The van der Waals surface area contributed by atoms with Crippen molar-refractivity contribution in [2.45, 2.75) is 0 Å². The Bertz CT molecular complexity index is 847. The molecule has 9 heteroatoms. The molecule has 0 aliphatic carbocycles. The Morgan fingerprint density at radius 1 is 1.00 bits per heavy atom. The van der Waals surface area contributed by atoms with E-state index in [0.29, 0.717) is 48.5 Å². The molecular weight excluding hydrogens is 338 g/mol. The topological polar surface area (TPSA) is 88.0 Å². The minimum atomic E-state index is -0.0555. The van der Waals surface area contributed by atoms with E-state index in [-0.39, 0.29) is 5.91 Å². The van der Waals surface area contributed by atoms with Crippen LogP contribution in [-0.2, 0) is 0 Å². The molecule has 0 unspecified atom stereocenters. The molecule has 3 aromatic rings. The monoisotopic (exact) mass is 353 g/mol. The third kappa shape index (κ3) is 3.31. The van der Waals surface area contributed by atoms with E-state index >= 15 is 0 Å². The van der Waals surface area contributed by atoms with E-state index in [1.165, 1.54) is 11.3 Å². The van der Waals surface area contributed by atoms with Crippen LogP contribution in [0.3, 0.4) is 0 Å². The fraction of sp³-hybridized carbons (Fsp3) is 0.250. The zero-order valence-electron chi connectivity index (χ0n) is 13.3. The summed E-state index contributed by atoms with van der Waals surface area (Å²) in [5, 5.41) is 2.48. The number of carbonyl (C=O) groups excluding carboxylic acids is 1. The van der Waals surface area contributed by atoms with E-state index in [2.05, 4.69) is 29.8 Å². The molecule has 25 heavy (non-hydrogen) atoms. The van der Waals surface area contributed by atoms with Crippen molar-refractivity contribution in [3.63, 3.8) is 0 Å². The van der Waals surface area contributed by atoms with E-state index < -0.39 is 0 Å². The Hall–Kier alpha value is -2.94. The smallest absolute Gasteiger partial charge is 0.273 e. The van der Waals surface area contributed by atoms with E-state index in [0.717, 1.165) is 0 Å². The highest BCUT2D eigenvalue weighted by atomic mass is 32.1. The van der Waals surface area contributed by atoms with Crippen LogP contribution in [0.25, 0.3) is 10.7 Å². The highest BCUT2D eigenvalue weighted by molar-refractivity contribution is 7.13. The van der Waals surface area contributed by atoms with Crippen LogP contribution in [0.5, 0.6) is 0 Å². The van der Waals surface area contributed by atoms with Crippen molar-refractivity contribution in [1.29, 1.82) is 0 Å². The normalized spacial score (nSPS) is 14.6. The average molecular weight is 353 g/mol. The molecule has 8 nitrogen and oxygen atoms in total. The van der Waals surface area contributed by atoms with E-state index in [4.69, 9.17) is 0 Å². The van der Waals surface area contributed by atoms with Gasteiger partial charge in [0.1, 0.15) is 16.4 Å². The zero-order valence-corrected chi connectivity index (χ0v) is 14.1. The van der Waals surface area contributed by atoms with Crippen molar-refractivity contribution in [1.82, 2.24) is 29.8 Å². The number of hydrogen-bond acceptors (Lipinski definition) is 8. The van der Waals surface area contributed by atoms with Gasteiger partial charge in [-0.05, 0) is 6.07 Å². The first kappa shape index (κ1) is 15.6. The molecule has 1 aliphatic heterocycles. The molecule has 0 bridgehead atoms. The number of nitrogens with zero attached hydrogens (tertiary/aromatic N) is 7. The predicted molar refractivity (Wildman–Crippen MR) is 93.3 cm³/mol. The molecule has 4 rings (SSSR count). The zero-order chi connectivity index (χ0) is 17.1. The van der Waals surface area contributed by atoms with Crippen molar-refractivity contribution >= 4 is 23.2 Å². The van der Waals surface area contributed by atoms with Gasteiger partial charge in [0.2, 0.25) is 5.95 Å². The molecule has 4 heterocycles. The van der Waals surface area contributed by atoms with Crippen molar-refractivity contribution in [2.75, 3.05) is 31.1 Å². The van der Waals surface area contributed by atoms with Crippen LogP contribution >= 0.6 is 11.3 Å². The van der Waals surface area contributed by atoms with E-state index in [9.17, 15) is 4.79 Å². The van der Waals surface area contributed by atoms with Crippen LogP contribution in [0.4, 0.5) is 5.95 Å². The molecule has 126 valence electrons. The van der Waals surface area contributed by atoms with Gasteiger partial charge in [-0.25, -0.2) is 15.0 Å². The number of rotatable bonds is 3. The van der Waals surface area contributed by atoms with Gasteiger partial charge >= 0.3 is 0 Å². The Labute approximate surface area is 148 Å². The molecule has 3 aromatic heterocycles. The van der Waals surface area contributed by atoms with Crippen LogP contribution in [0, 0.1) is 0 Å². The maximum atomic E-state index is 12.7. The maximum Gasteiger partial charge on any atom is 0.273 e. The van der Waals surface area contributed by atoms with Crippen molar-refractivity contribution in [3.8, 4) is 10.7 Å². The van der Waals surface area contributed by atoms with Gasteiger partial charge in [-0.3, -0.25) is 14.8 Å². The summed E-state index contributed by atoms with van der Waals surface area (Å²) in [5.74, 6) is 0.646. The summed E-state index contributed by atoms with van der Waals surface area (Å²) in [6, 6.07) is 1.79. The predicted octanol–water partition coefficient (Wildman–Crippen LogP) is 1.35. The first-order valence-electron chi connectivity index (χ1n) is 7.84. The highest BCUT2D eigenvalue weighted by Crippen LogP contribution is 2.22. The molecule has 0 N–H and O–H groups in total. The Balaban J connectivity index is 1.42. The van der Waals surface area contributed by atoms with E-state index in [1.54, 1.807) is 42.4 Å². The minimum Gasteiger partial charge on any atom is -0.337 e. The van der Waals surface area contributed by atoms with Crippen LogP contribution < -0.4 is 4.90 Å². The summed E-state index contributed by atoms with van der Waals surface area (Å²) in [7, 11) is 0. The highest BCUT2D eigenvalue weighted by Gasteiger charge is 2.25. The quantitative estimate of drug-likeness (QED) is 0.702. The summed E-state index contributed by atoms with van der Waals surface area (Å²) in [5.41, 5.74) is 1.13. The van der Waals surface area contributed by atoms with Crippen LogP contribution in [-0.4, -0.2) is 61.9 Å². The van der Waals surface area contributed by atoms with E-state index in [1.807, 2.05) is 4.90 Å². The van der Waals surface area contributed by atoms with Gasteiger partial charge in [0.15, 0.2) is 0 Å². The van der Waals surface area contributed by atoms with Crippen molar-refractivity contribution in [3.05, 3.63) is 48.1 Å². The molecule has 1 amide bonds. The summed E-state index contributed by atoms with van der Waals surface area (Å²) in [6.45, 7) is 2.65. The second kappa shape index (κ2) is 6.89. The van der Waals surface area contributed by atoms with Crippen LogP contribution in [0.2, 0.25) is 0 Å². The second-order valence-electron chi connectivity index (χ2n) is 5.46. The molecular formula is C16H15N7OS. The van der Waals surface area contributed by atoms with Gasteiger partial charge in [0, 0.05) is 56.3 Å². The van der Waals surface area contributed by atoms with Gasteiger partial charge in [0.25, 0.3) is 5.91 Å². The lowest BCUT2D eigenvalue weighted by atomic mass is 10.3. The number of carbonyl (C=O) groups is 1. The average Bonchev–Trinajstić information content (AvgIpc) is 3.19. The number of anilines is 1. The van der Waals surface area contributed by atoms with Crippen molar-refractivity contribution < 1.29 is 4.79 Å².